The van der Waals surface area contributed by atoms with Crippen LogP contribution in [0.15, 0.2) is 66.7 Å². The first-order valence-electron chi connectivity index (χ1n) is 10.3. The lowest BCUT2D eigenvalue weighted by Crippen LogP contribution is -2.60. The van der Waals surface area contributed by atoms with Gasteiger partial charge < -0.3 is 10.6 Å². The van der Waals surface area contributed by atoms with Crippen LogP contribution in [0.5, 0.6) is 0 Å². The maximum Gasteiger partial charge on any atom is 0.347 e. The monoisotopic (exact) mass is 515 g/mol. The zero-order valence-electron chi connectivity index (χ0n) is 18.3. The Labute approximate surface area is 211 Å². The van der Waals surface area contributed by atoms with Crippen molar-refractivity contribution in [3.05, 3.63) is 71.8 Å². The maximum absolute atomic E-state index is 13.0. The first kappa shape index (κ1) is 24.1. The Bertz CT molecular complexity index is 1250. The third-order valence-corrected chi connectivity index (χ3v) is 7.02. The topological polar surface area (TPSA) is 96.9 Å². The fourth-order valence-electron chi connectivity index (χ4n) is 3.67. The lowest BCUT2D eigenvalue weighted by Gasteiger charge is -2.36. The lowest BCUT2D eigenvalue weighted by atomic mass is 10.1. The van der Waals surface area contributed by atoms with Crippen molar-refractivity contribution in [1.29, 1.82) is 0 Å². The number of nitrogens with one attached hydrogen (secondary N) is 3. The van der Waals surface area contributed by atoms with E-state index in [0.29, 0.717) is 25.8 Å². The van der Waals surface area contributed by atoms with Crippen LogP contribution >= 0.6 is 35.6 Å². The standard InChI is InChI=1S/C23H22ClN5O3S2/c1-23(2)19(28(22(33)34-23)27-20(30)25-16-12-10-15(24)11-13-16)29(32)21(31)26-18-9-5-7-14-6-3-4-8-17(14)18/h3-13,19,32H,1-2H3,(H,26,31)(H2,25,27,30)/t19-/m1/s1. The van der Waals surface area contributed by atoms with Crippen molar-refractivity contribution < 1.29 is 14.8 Å². The van der Waals surface area contributed by atoms with E-state index in [1.54, 1.807) is 30.3 Å². The second-order valence-electron chi connectivity index (χ2n) is 8.09. The molecule has 3 aromatic rings. The summed E-state index contributed by atoms with van der Waals surface area (Å²) in [6.07, 6.45) is -0.976. The highest BCUT2D eigenvalue weighted by atomic mass is 35.5. The van der Waals surface area contributed by atoms with E-state index in [0.717, 1.165) is 10.8 Å². The van der Waals surface area contributed by atoms with Crippen LogP contribution < -0.4 is 16.1 Å². The molecule has 4 amide bonds. The van der Waals surface area contributed by atoms with E-state index in [-0.39, 0.29) is 0 Å². The number of hydrazine groups is 1. The van der Waals surface area contributed by atoms with E-state index in [1.165, 1.54) is 16.8 Å². The number of hydroxylamine groups is 2. The molecular weight excluding hydrogens is 494 g/mol. The molecule has 4 rings (SSSR count). The average Bonchev–Trinajstić information content (AvgIpc) is 3.02. The molecule has 1 atom stereocenters. The minimum absolute atomic E-state index is 0.304. The van der Waals surface area contributed by atoms with Gasteiger partial charge in [0, 0.05) is 16.1 Å². The number of anilines is 2. The van der Waals surface area contributed by atoms with Crippen molar-refractivity contribution in [2.45, 2.75) is 24.8 Å². The van der Waals surface area contributed by atoms with Crippen molar-refractivity contribution in [3.63, 3.8) is 0 Å². The summed E-state index contributed by atoms with van der Waals surface area (Å²) >= 11 is 12.6. The Kier molecular flexibility index (Phi) is 6.85. The summed E-state index contributed by atoms with van der Waals surface area (Å²) in [5.74, 6) is 0. The smallest absolute Gasteiger partial charge is 0.307 e. The third kappa shape index (κ3) is 5.05. The van der Waals surface area contributed by atoms with Gasteiger partial charge in [-0.1, -0.05) is 72.0 Å². The molecule has 0 unspecified atom stereocenters. The molecule has 11 heteroatoms. The predicted molar refractivity (Wildman–Crippen MR) is 140 cm³/mol. The summed E-state index contributed by atoms with van der Waals surface area (Å²) in [6, 6.07) is 18.3. The van der Waals surface area contributed by atoms with E-state index in [4.69, 9.17) is 23.8 Å². The first-order valence-corrected chi connectivity index (χ1v) is 11.9. The van der Waals surface area contributed by atoms with Gasteiger partial charge in [-0.15, -0.1) is 0 Å². The fourth-order valence-corrected chi connectivity index (χ4v) is 5.59. The molecule has 4 N–H and O–H groups in total. The van der Waals surface area contributed by atoms with E-state index in [2.05, 4.69) is 16.1 Å². The number of amides is 4. The third-order valence-electron chi connectivity index (χ3n) is 5.21. The first-order chi connectivity index (χ1) is 16.2. The summed E-state index contributed by atoms with van der Waals surface area (Å²) in [4.78, 5) is 25.7. The molecule has 1 aliphatic rings. The number of fused-ring (bicyclic) bond motifs is 1. The van der Waals surface area contributed by atoms with Crippen LogP contribution in [-0.2, 0) is 0 Å². The highest BCUT2D eigenvalue weighted by molar-refractivity contribution is 8.24. The molecule has 34 heavy (non-hydrogen) atoms. The molecule has 1 heterocycles. The Morgan fingerprint density at radius 3 is 2.47 bits per heavy atom. The molecule has 0 bridgehead atoms. The summed E-state index contributed by atoms with van der Waals surface area (Å²) in [7, 11) is 0. The van der Waals surface area contributed by atoms with Gasteiger partial charge in [-0.25, -0.2) is 20.0 Å². The van der Waals surface area contributed by atoms with Crippen LogP contribution in [-0.4, -0.2) is 42.6 Å². The average molecular weight is 516 g/mol. The number of nitrogens with zero attached hydrogens (tertiary/aromatic N) is 2. The number of hydrogen-bond donors (Lipinski definition) is 4. The Balaban J connectivity index is 1.52. The van der Waals surface area contributed by atoms with E-state index >= 15 is 0 Å². The van der Waals surface area contributed by atoms with Crippen molar-refractivity contribution in [1.82, 2.24) is 15.5 Å². The second kappa shape index (κ2) is 9.67. The molecule has 0 radical (unpaired) electrons. The van der Waals surface area contributed by atoms with Gasteiger partial charge in [0.05, 0.1) is 10.4 Å². The van der Waals surface area contributed by atoms with Crippen LogP contribution in [0.4, 0.5) is 21.0 Å². The number of hydrogen-bond acceptors (Lipinski definition) is 5. The SMILES string of the molecule is CC1(C)SC(=S)N(NC(=O)Nc2ccc(Cl)cc2)[C@@H]1N(O)C(=O)Nc1cccc2ccccc12. The number of thioether (sulfide) groups is 1. The van der Waals surface area contributed by atoms with Crippen LogP contribution in [0.1, 0.15) is 13.8 Å². The zero-order valence-corrected chi connectivity index (χ0v) is 20.7. The molecule has 0 saturated carbocycles. The summed E-state index contributed by atoms with van der Waals surface area (Å²) in [6.45, 7) is 3.64. The van der Waals surface area contributed by atoms with Crippen molar-refractivity contribution in [2.75, 3.05) is 10.6 Å². The molecule has 0 aliphatic carbocycles. The second-order valence-corrected chi connectivity index (χ2v) is 10.8. The van der Waals surface area contributed by atoms with Crippen molar-refractivity contribution in [2.24, 2.45) is 0 Å². The molecule has 1 aliphatic heterocycles. The Morgan fingerprint density at radius 2 is 1.74 bits per heavy atom. The van der Waals surface area contributed by atoms with E-state index in [1.807, 2.05) is 50.2 Å². The highest BCUT2D eigenvalue weighted by Crippen LogP contribution is 2.41. The number of benzene rings is 3. The molecular formula is C23H22ClN5O3S2. The number of thiocarbonyl (C=S) groups is 1. The van der Waals surface area contributed by atoms with Gasteiger partial charge in [-0.2, -0.15) is 5.06 Å². The Morgan fingerprint density at radius 1 is 1.06 bits per heavy atom. The van der Waals surface area contributed by atoms with E-state index in [9.17, 15) is 14.8 Å². The zero-order chi connectivity index (χ0) is 24.5. The molecule has 0 spiro atoms. The van der Waals surface area contributed by atoms with Gasteiger partial charge in [0.15, 0.2) is 10.5 Å². The van der Waals surface area contributed by atoms with E-state index < -0.39 is 23.0 Å². The van der Waals surface area contributed by atoms with Crippen molar-refractivity contribution >= 4 is 74.1 Å². The van der Waals surface area contributed by atoms with Crippen LogP contribution in [0.2, 0.25) is 5.02 Å². The molecule has 1 saturated heterocycles. The van der Waals surface area contributed by atoms with Crippen molar-refractivity contribution in [3.8, 4) is 0 Å². The quantitative estimate of drug-likeness (QED) is 0.196. The molecule has 3 aromatic carbocycles. The molecule has 1 fully saturated rings. The summed E-state index contributed by atoms with van der Waals surface area (Å²) < 4.78 is -0.423. The Hall–Kier alpha value is -3.05. The van der Waals surface area contributed by atoms with Gasteiger partial charge in [-0.3, -0.25) is 5.21 Å². The summed E-state index contributed by atoms with van der Waals surface area (Å²) in [5, 5.41) is 20.5. The number of rotatable bonds is 4. The number of halogens is 1. The number of carbonyl (C=O) groups is 2. The predicted octanol–water partition coefficient (Wildman–Crippen LogP) is 5.89. The highest BCUT2D eigenvalue weighted by Gasteiger charge is 2.50. The van der Waals surface area contributed by atoms with Crippen LogP contribution in [0.25, 0.3) is 10.8 Å². The lowest BCUT2D eigenvalue weighted by molar-refractivity contribution is -0.120. The maximum atomic E-state index is 13.0. The molecule has 0 aromatic heterocycles. The summed E-state index contributed by atoms with van der Waals surface area (Å²) in [5.41, 5.74) is 3.70. The largest absolute Gasteiger partial charge is 0.347 e. The van der Waals surface area contributed by atoms with Gasteiger partial charge >= 0.3 is 12.1 Å². The van der Waals surface area contributed by atoms with Gasteiger partial charge in [0.2, 0.25) is 0 Å². The fraction of sp³-hybridized carbons (Fsp3) is 0.174. The number of urea groups is 2. The van der Waals surface area contributed by atoms with Crippen LogP contribution in [0, 0.1) is 0 Å². The minimum atomic E-state index is -0.976. The van der Waals surface area contributed by atoms with Gasteiger partial charge in [0.1, 0.15) is 0 Å². The van der Waals surface area contributed by atoms with Crippen LogP contribution in [0.3, 0.4) is 0 Å². The number of carbonyl (C=O) groups excluding carboxylic acids is 2. The van der Waals surface area contributed by atoms with Gasteiger partial charge in [0.25, 0.3) is 0 Å². The minimum Gasteiger partial charge on any atom is -0.307 e. The molecule has 176 valence electrons. The normalized spacial score (nSPS) is 16.9. The van der Waals surface area contributed by atoms with Gasteiger partial charge in [-0.05, 0) is 49.6 Å². The molecule has 8 nitrogen and oxygen atoms in total.